The van der Waals surface area contributed by atoms with E-state index in [9.17, 15) is 9.59 Å². The summed E-state index contributed by atoms with van der Waals surface area (Å²) in [5.74, 6) is 0.440. The molecule has 0 aromatic carbocycles. The predicted molar refractivity (Wildman–Crippen MR) is 87.7 cm³/mol. The molecular weight excluding hydrogens is 350 g/mol. The van der Waals surface area contributed by atoms with E-state index in [4.69, 9.17) is 0 Å². The van der Waals surface area contributed by atoms with Crippen LogP contribution in [0.25, 0.3) is 0 Å². The molecule has 1 aliphatic heterocycles. The molecule has 2 N–H and O–H groups in total. The number of hydrogen-bond donors (Lipinski definition) is 2. The monoisotopic (exact) mass is 369 g/mol. The average Bonchev–Trinajstić information content (AvgIpc) is 2.50. The van der Waals surface area contributed by atoms with Gasteiger partial charge >= 0.3 is 6.03 Å². The Kier molecular flexibility index (Phi) is 6.14. The van der Waals surface area contributed by atoms with Crippen LogP contribution in [0, 0.1) is 0 Å². The van der Waals surface area contributed by atoms with Crippen molar-refractivity contribution in [3.63, 3.8) is 0 Å². The first kappa shape index (κ1) is 16.7. The largest absolute Gasteiger partial charge is 0.338 e. The molecule has 2 rings (SSSR count). The number of halogens is 1. The Morgan fingerprint density at radius 1 is 1.27 bits per heavy atom. The maximum atomic E-state index is 12.0. The van der Waals surface area contributed by atoms with Gasteiger partial charge in [0.05, 0.1) is 6.54 Å². The SMILES string of the molecule is CCNC(=O)N1CCN(CC(=O)Nc2ccc(Br)cn2)CC1. The molecule has 8 heteroatoms. The zero-order valence-electron chi connectivity index (χ0n) is 12.5. The van der Waals surface area contributed by atoms with E-state index in [2.05, 4.69) is 31.5 Å². The lowest BCUT2D eigenvalue weighted by Gasteiger charge is -2.34. The van der Waals surface area contributed by atoms with Crippen LogP contribution in [-0.4, -0.2) is 66.0 Å². The average molecular weight is 370 g/mol. The first-order valence-corrected chi connectivity index (χ1v) is 8.04. The summed E-state index contributed by atoms with van der Waals surface area (Å²) in [6.07, 6.45) is 1.64. The molecular formula is C14H20BrN5O2. The third kappa shape index (κ3) is 4.96. The molecule has 7 nitrogen and oxygen atoms in total. The van der Waals surface area contributed by atoms with Gasteiger partial charge in [0, 0.05) is 43.4 Å². The van der Waals surface area contributed by atoms with Crippen LogP contribution in [0.2, 0.25) is 0 Å². The fourth-order valence-corrected chi connectivity index (χ4v) is 2.44. The van der Waals surface area contributed by atoms with Crippen LogP contribution in [0.15, 0.2) is 22.8 Å². The summed E-state index contributed by atoms with van der Waals surface area (Å²) >= 11 is 3.30. The standard InChI is InChI=1S/C14H20BrN5O2/c1-2-16-14(22)20-7-5-19(6-8-20)10-13(21)18-12-4-3-11(15)9-17-12/h3-4,9H,2,5-8,10H2,1H3,(H,16,22)(H,17,18,21). The van der Waals surface area contributed by atoms with Crippen LogP contribution < -0.4 is 10.6 Å². The quantitative estimate of drug-likeness (QED) is 0.833. The summed E-state index contributed by atoms with van der Waals surface area (Å²) in [6, 6.07) is 3.54. The number of anilines is 1. The first-order chi connectivity index (χ1) is 10.6. The van der Waals surface area contributed by atoms with Crippen molar-refractivity contribution in [1.82, 2.24) is 20.1 Å². The maximum Gasteiger partial charge on any atom is 0.317 e. The molecule has 1 aromatic rings. The lowest BCUT2D eigenvalue weighted by molar-refractivity contribution is -0.117. The normalized spacial score (nSPS) is 15.5. The second kappa shape index (κ2) is 8.09. The number of rotatable bonds is 4. The second-order valence-corrected chi connectivity index (χ2v) is 5.92. The Hall–Kier alpha value is -1.67. The van der Waals surface area contributed by atoms with Crippen LogP contribution in [0.3, 0.4) is 0 Å². The number of aromatic nitrogens is 1. The van der Waals surface area contributed by atoms with Gasteiger partial charge in [-0.15, -0.1) is 0 Å². The zero-order valence-corrected chi connectivity index (χ0v) is 14.1. The third-order valence-electron chi connectivity index (χ3n) is 3.35. The van der Waals surface area contributed by atoms with E-state index in [1.807, 2.05) is 17.9 Å². The van der Waals surface area contributed by atoms with Crippen LogP contribution in [0.1, 0.15) is 6.92 Å². The highest BCUT2D eigenvalue weighted by molar-refractivity contribution is 9.10. The highest BCUT2D eigenvalue weighted by atomic mass is 79.9. The van der Waals surface area contributed by atoms with Gasteiger partial charge in [-0.1, -0.05) is 0 Å². The van der Waals surface area contributed by atoms with Crippen molar-refractivity contribution in [1.29, 1.82) is 0 Å². The number of nitrogens with one attached hydrogen (secondary N) is 2. The molecule has 0 bridgehead atoms. The third-order valence-corrected chi connectivity index (χ3v) is 3.82. The van der Waals surface area contributed by atoms with Crippen molar-refractivity contribution in [2.24, 2.45) is 0 Å². The zero-order chi connectivity index (χ0) is 15.9. The maximum absolute atomic E-state index is 12.0. The van der Waals surface area contributed by atoms with Gasteiger partial charge in [-0.05, 0) is 35.0 Å². The minimum absolute atomic E-state index is 0.0364. The molecule has 22 heavy (non-hydrogen) atoms. The van der Waals surface area contributed by atoms with E-state index in [-0.39, 0.29) is 11.9 Å². The Balaban J connectivity index is 1.74. The summed E-state index contributed by atoms with van der Waals surface area (Å²) in [5.41, 5.74) is 0. The topological polar surface area (TPSA) is 77.6 Å². The van der Waals surface area contributed by atoms with E-state index in [0.29, 0.717) is 45.1 Å². The summed E-state index contributed by atoms with van der Waals surface area (Å²) in [6.45, 7) is 5.49. The molecule has 0 radical (unpaired) electrons. The number of nitrogens with zero attached hydrogens (tertiary/aromatic N) is 3. The van der Waals surface area contributed by atoms with Gasteiger partial charge in [0.25, 0.3) is 0 Å². The molecule has 1 aliphatic rings. The molecule has 2 heterocycles. The molecule has 0 saturated carbocycles. The Bertz CT molecular complexity index is 514. The van der Waals surface area contributed by atoms with Crippen LogP contribution >= 0.6 is 15.9 Å². The van der Waals surface area contributed by atoms with Gasteiger partial charge in [0.2, 0.25) is 5.91 Å². The van der Waals surface area contributed by atoms with Crippen molar-refractivity contribution in [3.8, 4) is 0 Å². The molecule has 0 spiro atoms. The van der Waals surface area contributed by atoms with Crippen molar-refractivity contribution in [2.75, 3.05) is 44.6 Å². The summed E-state index contributed by atoms with van der Waals surface area (Å²) in [7, 11) is 0. The molecule has 3 amide bonds. The number of carbonyl (C=O) groups is 2. The Morgan fingerprint density at radius 2 is 2.00 bits per heavy atom. The second-order valence-electron chi connectivity index (χ2n) is 5.01. The minimum atomic E-state index is -0.0960. The highest BCUT2D eigenvalue weighted by Crippen LogP contribution is 2.10. The predicted octanol–water partition coefficient (Wildman–Crippen LogP) is 1.13. The van der Waals surface area contributed by atoms with E-state index >= 15 is 0 Å². The molecule has 120 valence electrons. The van der Waals surface area contributed by atoms with Crippen LogP contribution in [-0.2, 0) is 4.79 Å². The number of hydrogen-bond acceptors (Lipinski definition) is 4. The van der Waals surface area contributed by atoms with Crippen molar-refractivity contribution in [3.05, 3.63) is 22.8 Å². The van der Waals surface area contributed by atoms with Crippen molar-refractivity contribution in [2.45, 2.75) is 6.92 Å². The fraction of sp³-hybridized carbons (Fsp3) is 0.500. The lowest BCUT2D eigenvalue weighted by atomic mass is 10.3. The lowest BCUT2D eigenvalue weighted by Crippen LogP contribution is -2.53. The van der Waals surface area contributed by atoms with E-state index in [1.165, 1.54) is 0 Å². The van der Waals surface area contributed by atoms with Gasteiger partial charge in [-0.25, -0.2) is 9.78 Å². The fourth-order valence-electron chi connectivity index (χ4n) is 2.21. The number of pyridine rings is 1. The molecule has 0 aliphatic carbocycles. The Morgan fingerprint density at radius 3 is 2.59 bits per heavy atom. The van der Waals surface area contributed by atoms with Crippen LogP contribution in [0.5, 0.6) is 0 Å². The number of amides is 3. The molecule has 1 aromatic heterocycles. The smallest absolute Gasteiger partial charge is 0.317 e. The summed E-state index contributed by atoms with van der Waals surface area (Å²) in [5, 5.41) is 5.55. The summed E-state index contributed by atoms with van der Waals surface area (Å²) in [4.78, 5) is 31.6. The van der Waals surface area contributed by atoms with E-state index in [1.54, 1.807) is 17.2 Å². The first-order valence-electron chi connectivity index (χ1n) is 7.25. The van der Waals surface area contributed by atoms with Crippen LogP contribution in [0.4, 0.5) is 10.6 Å². The van der Waals surface area contributed by atoms with Gasteiger partial charge < -0.3 is 15.5 Å². The highest BCUT2D eigenvalue weighted by Gasteiger charge is 2.21. The molecule has 0 atom stereocenters. The van der Waals surface area contributed by atoms with Crippen molar-refractivity contribution >= 4 is 33.7 Å². The van der Waals surface area contributed by atoms with E-state index < -0.39 is 0 Å². The van der Waals surface area contributed by atoms with Gasteiger partial charge in [-0.3, -0.25) is 9.69 Å². The molecule has 0 unspecified atom stereocenters. The minimum Gasteiger partial charge on any atom is -0.338 e. The van der Waals surface area contributed by atoms with Gasteiger partial charge in [0.15, 0.2) is 0 Å². The van der Waals surface area contributed by atoms with Crippen molar-refractivity contribution < 1.29 is 9.59 Å². The number of carbonyl (C=O) groups excluding carboxylic acids is 2. The molecule has 1 saturated heterocycles. The van der Waals surface area contributed by atoms with Gasteiger partial charge in [0.1, 0.15) is 5.82 Å². The summed E-state index contributed by atoms with van der Waals surface area (Å²) < 4.78 is 0.868. The molecule has 1 fully saturated rings. The number of urea groups is 1. The number of piperazine rings is 1. The Labute approximate surface area is 138 Å². The van der Waals surface area contributed by atoms with Gasteiger partial charge in [-0.2, -0.15) is 0 Å². The van der Waals surface area contributed by atoms with E-state index in [0.717, 1.165) is 4.47 Å².